The molecule has 23 heavy (non-hydrogen) atoms. The second-order valence-corrected chi connectivity index (χ2v) is 5.43. The first-order valence-corrected chi connectivity index (χ1v) is 7.69. The van der Waals surface area contributed by atoms with Gasteiger partial charge in [0.1, 0.15) is 12.4 Å². The number of fused-ring (bicyclic) bond motifs is 1. The second-order valence-electron chi connectivity index (χ2n) is 5.43. The fourth-order valence-corrected chi connectivity index (χ4v) is 2.65. The summed E-state index contributed by atoms with van der Waals surface area (Å²) < 4.78 is 16.9. The Kier molecular flexibility index (Phi) is 3.92. The Morgan fingerprint density at radius 3 is 2.74 bits per heavy atom. The zero-order chi connectivity index (χ0) is 15.5. The number of hydrogen-bond donors (Lipinski definition) is 0. The lowest BCUT2D eigenvalue weighted by Crippen LogP contribution is -2.01. The van der Waals surface area contributed by atoms with Crippen LogP contribution in [-0.2, 0) is 16.1 Å². The van der Waals surface area contributed by atoms with Crippen molar-refractivity contribution in [2.24, 2.45) is 0 Å². The molecule has 3 aromatic rings. The molecule has 1 aromatic heterocycles. The molecule has 0 unspecified atom stereocenters. The molecule has 2 heterocycles. The van der Waals surface area contributed by atoms with Gasteiger partial charge in [-0.1, -0.05) is 36.4 Å². The molecule has 0 spiro atoms. The highest BCUT2D eigenvalue weighted by atomic mass is 16.7. The van der Waals surface area contributed by atoms with Crippen molar-refractivity contribution in [3.8, 4) is 5.75 Å². The van der Waals surface area contributed by atoms with E-state index in [0.29, 0.717) is 19.8 Å². The fraction of sp³-hybridized carbons (Fsp3) is 0.211. The third-order valence-corrected chi connectivity index (χ3v) is 3.79. The van der Waals surface area contributed by atoms with E-state index in [9.17, 15) is 0 Å². The minimum absolute atomic E-state index is 0.280. The van der Waals surface area contributed by atoms with Crippen LogP contribution in [0.2, 0.25) is 0 Å². The van der Waals surface area contributed by atoms with E-state index in [1.54, 1.807) is 0 Å². The van der Waals surface area contributed by atoms with Crippen LogP contribution in [0.1, 0.15) is 17.5 Å². The molecule has 0 aliphatic carbocycles. The van der Waals surface area contributed by atoms with Crippen molar-refractivity contribution in [2.75, 3.05) is 13.2 Å². The van der Waals surface area contributed by atoms with Gasteiger partial charge in [0.2, 0.25) is 0 Å². The van der Waals surface area contributed by atoms with Crippen LogP contribution >= 0.6 is 0 Å². The molecular weight excluding hydrogens is 290 g/mol. The van der Waals surface area contributed by atoms with E-state index in [2.05, 4.69) is 17.1 Å². The smallest absolute Gasteiger partial charge is 0.184 e. The maximum absolute atomic E-state index is 5.87. The van der Waals surface area contributed by atoms with Gasteiger partial charge in [0.25, 0.3) is 0 Å². The Hall–Kier alpha value is -2.43. The van der Waals surface area contributed by atoms with Gasteiger partial charge in [-0.25, -0.2) is 4.98 Å². The van der Waals surface area contributed by atoms with Crippen molar-refractivity contribution in [3.63, 3.8) is 0 Å². The Bertz CT molecular complexity index is 812. The standard InChI is InChI=1S/C19H17NO3/c1-2-7-18-14(4-1)8-9-16(20-18)13-23-17-6-3-5-15(12-17)19-21-10-11-22-19/h1-9,12,19H,10-11,13H2. The molecule has 1 saturated heterocycles. The van der Waals surface area contributed by atoms with Gasteiger partial charge >= 0.3 is 0 Å². The number of nitrogens with zero attached hydrogens (tertiary/aromatic N) is 1. The van der Waals surface area contributed by atoms with Crippen LogP contribution in [-0.4, -0.2) is 18.2 Å². The SMILES string of the molecule is c1cc(OCc2ccc3ccccc3n2)cc(C2OCCO2)c1. The first kappa shape index (κ1) is 14.2. The number of ether oxygens (including phenoxy) is 3. The Morgan fingerprint density at radius 1 is 0.957 bits per heavy atom. The molecule has 1 aliphatic rings. The van der Waals surface area contributed by atoms with Gasteiger partial charge in [-0.05, 0) is 24.3 Å². The molecule has 4 nitrogen and oxygen atoms in total. The van der Waals surface area contributed by atoms with E-state index in [0.717, 1.165) is 27.9 Å². The van der Waals surface area contributed by atoms with Gasteiger partial charge in [-0.3, -0.25) is 0 Å². The maximum Gasteiger partial charge on any atom is 0.184 e. The van der Waals surface area contributed by atoms with Crippen molar-refractivity contribution in [1.29, 1.82) is 0 Å². The van der Waals surface area contributed by atoms with Crippen molar-refractivity contribution in [3.05, 3.63) is 71.9 Å². The Balaban J connectivity index is 1.48. The summed E-state index contributed by atoms with van der Waals surface area (Å²) in [5.74, 6) is 0.788. The Labute approximate surface area is 134 Å². The van der Waals surface area contributed by atoms with Crippen molar-refractivity contribution in [2.45, 2.75) is 12.9 Å². The highest BCUT2D eigenvalue weighted by Crippen LogP contribution is 2.26. The summed E-state index contributed by atoms with van der Waals surface area (Å²) in [4.78, 5) is 4.62. The molecular formula is C19H17NO3. The molecule has 0 N–H and O–H groups in total. The van der Waals surface area contributed by atoms with E-state index >= 15 is 0 Å². The summed E-state index contributed by atoms with van der Waals surface area (Å²) in [6.07, 6.45) is -0.280. The lowest BCUT2D eigenvalue weighted by molar-refractivity contribution is -0.0442. The molecule has 0 radical (unpaired) electrons. The topological polar surface area (TPSA) is 40.6 Å². The summed E-state index contributed by atoms with van der Waals surface area (Å²) in [5, 5.41) is 1.13. The normalized spacial score (nSPS) is 15.1. The van der Waals surface area contributed by atoms with Gasteiger partial charge in [-0.15, -0.1) is 0 Å². The number of aromatic nitrogens is 1. The van der Waals surface area contributed by atoms with Gasteiger partial charge in [0, 0.05) is 10.9 Å². The van der Waals surface area contributed by atoms with Crippen molar-refractivity contribution < 1.29 is 14.2 Å². The summed E-state index contributed by atoms with van der Waals surface area (Å²) in [5.41, 5.74) is 2.86. The summed E-state index contributed by atoms with van der Waals surface area (Å²) in [7, 11) is 0. The van der Waals surface area contributed by atoms with Gasteiger partial charge in [0.15, 0.2) is 6.29 Å². The van der Waals surface area contributed by atoms with E-state index in [1.807, 2.05) is 48.5 Å². The molecule has 0 saturated carbocycles. The highest BCUT2D eigenvalue weighted by molar-refractivity contribution is 5.78. The average molecular weight is 307 g/mol. The van der Waals surface area contributed by atoms with Crippen LogP contribution < -0.4 is 4.74 Å². The van der Waals surface area contributed by atoms with Crippen molar-refractivity contribution in [1.82, 2.24) is 4.98 Å². The minimum atomic E-state index is -0.280. The highest BCUT2D eigenvalue weighted by Gasteiger charge is 2.18. The van der Waals surface area contributed by atoms with E-state index < -0.39 is 0 Å². The fourth-order valence-electron chi connectivity index (χ4n) is 2.65. The van der Waals surface area contributed by atoms with Crippen molar-refractivity contribution >= 4 is 10.9 Å². The lowest BCUT2D eigenvalue weighted by Gasteiger charge is -2.12. The molecule has 1 fully saturated rings. The van der Waals surface area contributed by atoms with Crippen LogP contribution in [0.15, 0.2) is 60.7 Å². The van der Waals surface area contributed by atoms with Crippen LogP contribution in [0.3, 0.4) is 0 Å². The van der Waals surface area contributed by atoms with Gasteiger partial charge < -0.3 is 14.2 Å². The molecule has 0 atom stereocenters. The molecule has 1 aliphatic heterocycles. The van der Waals surface area contributed by atoms with Gasteiger partial charge in [0.05, 0.1) is 24.4 Å². The molecule has 0 amide bonds. The van der Waals surface area contributed by atoms with Crippen LogP contribution in [0.4, 0.5) is 0 Å². The summed E-state index contributed by atoms with van der Waals surface area (Å²) >= 11 is 0. The number of pyridine rings is 1. The molecule has 4 rings (SSSR count). The zero-order valence-electron chi connectivity index (χ0n) is 12.6. The zero-order valence-corrected chi connectivity index (χ0v) is 12.6. The summed E-state index contributed by atoms with van der Waals surface area (Å²) in [6.45, 7) is 1.70. The van der Waals surface area contributed by atoms with E-state index in [-0.39, 0.29) is 6.29 Å². The second kappa shape index (κ2) is 6.36. The third kappa shape index (κ3) is 3.18. The third-order valence-electron chi connectivity index (χ3n) is 3.79. The average Bonchev–Trinajstić information content (AvgIpc) is 3.15. The predicted molar refractivity (Wildman–Crippen MR) is 87.2 cm³/mol. The first-order chi connectivity index (χ1) is 11.4. The van der Waals surface area contributed by atoms with E-state index in [1.165, 1.54) is 0 Å². The van der Waals surface area contributed by atoms with Crippen LogP contribution in [0.25, 0.3) is 10.9 Å². The number of hydrogen-bond acceptors (Lipinski definition) is 4. The molecule has 0 bridgehead atoms. The Morgan fingerprint density at radius 2 is 1.83 bits per heavy atom. The first-order valence-electron chi connectivity index (χ1n) is 7.69. The monoisotopic (exact) mass is 307 g/mol. The number of para-hydroxylation sites is 1. The molecule has 2 aromatic carbocycles. The predicted octanol–water partition coefficient (Wildman–Crippen LogP) is 3.86. The minimum Gasteiger partial charge on any atom is -0.487 e. The summed E-state index contributed by atoms with van der Waals surface area (Å²) in [6, 6.07) is 19.9. The molecule has 116 valence electrons. The number of benzene rings is 2. The molecule has 4 heteroatoms. The quantitative estimate of drug-likeness (QED) is 0.734. The maximum atomic E-state index is 5.87. The largest absolute Gasteiger partial charge is 0.487 e. The van der Waals surface area contributed by atoms with Gasteiger partial charge in [-0.2, -0.15) is 0 Å². The lowest BCUT2D eigenvalue weighted by atomic mass is 10.2. The van der Waals surface area contributed by atoms with Crippen LogP contribution in [0.5, 0.6) is 5.75 Å². The van der Waals surface area contributed by atoms with E-state index in [4.69, 9.17) is 14.2 Å². The number of rotatable bonds is 4. The van der Waals surface area contributed by atoms with Crippen LogP contribution in [0, 0.1) is 0 Å².